The van der Waals surface area contributed by atoms with Crippen LogP contribution in [0.3, 0.4) is 0 Å². The van der Waals surface area contributed by atoms with Crippen LogP contribution in [-0.4, -0.2) is 19.5 Å². The molecule has 3 aromatic heterocycles. The number of rotatable bonds is 5. The smallest absolute Gasteiger partial charge is 0.160 e. The van der Waals surface area contributed by atoms with Gasteiger partial charge in [-0.05, 0) is 54.7 Å². The van der Waals surface area contributed by atoms with Crippen LogP contribution in [0.5, 0.6) is 0 Å². The van der Waals surface area contributed by atoms with E-state index in [0.29, 0.717) is 11.8 Å². The number of fused-ring (bicyclic) bond motifs is 5. The number of allylic oxidation sites excluding steroid dienone is 2. The molecule has 3 heterocycles. The number of hydrogen-bond donors (Lipinski definition) is 0. The molecule has 0 bridgehead atoms. The lowest BCUT2D eigenvalue weighted by molar-refractivity contribution is 0.340. The quantitative estimate of drug-likeness (QED) is 0.177. The molecule has 4 nitrogen and oxygen atoms in total. The monoisotopic (exact) mass is 632 g/mol. The van der Waals surface area contributed by atoms with E-state index in [1.165, 1.54) is 5.39 Å². The van der Waals surface area contributed by atoms with Gasteiger partial charge < -0.3 is 4.57 Å². The molecule has 1 aliphatic rings. The highest BCUT2D eigenvalue weighted by Crippen LogP contribution is 2.42. The van der Waals surface area contributed by atoms with Crippen molar-refractivity contribution in [2.75, 3.05) is 0 Å². The molecule has 0 N–H and O–H groups in total. The zero-order valence-corrected chi connectivity index (χ0v) is 27.7. The first-order valence-electron chi connectivity index (χ1n) is 17.2. The Labute approximate surface area is 286 Å². The Morgan fingerprint density at radius 1 is 0.612 bits per heavy atom. The van der Waals surface area contributed by atoms with E-state index in [4.69, 9.17) is 15.0 Å². The minimum absolute atomic E-state index is 0.238. The molecular weight excluding hydrogens is 597 g/mol. The summed E-state index contributed by atoms with van der Waals surface area (Å²) < 4.78 is 2.39. The highest BCUT2D eigenvalue weighted by Gasteiger charge is 2.27. The van der Waals surface area contributed by atoms with Crippen molar-refractivity contribution in [1.82, 2.24) is 19.5 Å². The second-order valence-electron chi connectivity index (χ2n) is 13.4. The van der Waals surface area contributed by atoms with Crippen LogP contribution < -0.4 is 0 Å². The summed E-state index contributed by atoms with van der Waals surface area (Å²) in [7, 11) is 0. The molecule has 9 rings (SSSR count). The largest absolute Gasteiger partial charge is 0.308 e. The van der Waals surface area contributed by atoms with Gasteiger partial charge >= 0.3 is 0 Å². The molecular formula is C45H36N4. The van der Waals surface area contributed by atoms with Crippen LogP contribution in [0.1, 0.15) is 31.9 Å². The van der Waals surface area contributed by atoms with Gasteiger partial charge in [0.05, 0.1) is 33.6 Å². The van der Waals surface area contributed by atoms with Crippen LogP contribution in [0.4, 0.5) is 0 Å². The summed E-state index contributed by atoms with van der Waals surface area (Å²) in [5.41, 5.74) is 10.5. The fourth-order valence-electron chi connectivity index (χ4n) is 7.62. The highest BCUT2D eigenvalue weighted by molar-refractivity contribution is 6.22. The van der Waals surface area contributed by atoms with Gasteiger partial charge in [-0.2, -0.15) is 0 Å². The Bertz CT molecular complexity index is 2510. The van der Waals surface area contributed by atoms with Gasteiger partial charge in [0.1, 0.15) is 0 Å². The third-order valence-electron chi connectivity index (χ3n) is 10.4. The van der Waals surface area contributed by atoms with Gasteiger partial charge in [0.2, 0.25) is 0 Å². The average molecular weight is 633 g/mol. The predicted molar refractivity (Wildman–Crippen MR) is 203 cm³/mol. The molecule has 0 fully saturated rings. The second-order valence-corrected chi connectivity index (χ2v) is 13.4. The SMILES string of the molecule is CC1CC=CC(c2cc(-c3ccccc3)nc(-c3cccc(-c4nc5ccccc5c5c4c4ccccc4n5-c4ccccc4)c3)n2)C1C. The van der Waals surface area contributed by atoms with Crippen molar-refractivity contribution in [3.05, 3.63) is 157 Å². The van der Waals surface area contributed by atoms with Gasteiger partial charge in [-0.15, -0.1) is 0 Å². The molecule has 5 aromatic carbocycles. The van der Waals surface area contributed by atoms with Gasteiger partial charge in [0.15, 0.2) is 5.82 Å². The molecule has 0 aliphatic heterocycles. The zero-order valence-electron chi connectivity index (χ0n) is 27.7. The fraction of sp³-hybridized carbons (Fsp3) is 0.133. The maximum atomic E-state index is 5.38. The molecule has 4 heteroatoms. The second kappa shape index (κ2) is 12.0. The van der Waals surface area contributed by atoms with E-state index in [0.717, 1.165) is 79.0 Å². The van der Waals surface area contributed by atoms with Gasteiger partial charge in [-0.1, -0.05) is 129 Å². The van der Waals surface area contributed by atoms with Crippen LogP contribution in [0.15, 0.2) is 152 Å². The lowest BCUT2D eigenvalue weighted by Crippen LogP contribution is -2.20. The van der Waals surface area contributed by atoms with E-state index in [-0.39, 0.29) is 5.92 Å². The first kappa shape index (κ1) is 29.3. The molecule has 8 aromatic rings. The standard InChI is InChI=1S/C45H36N4/c1-29-15-13-24-35(30(29)2)40-28-39(31-16-5-3-6-17-31)47-45(48-40)33-19-14-18-32(27-33)43-42-37-23-10-12-26-41(37)49(34-20-7-4-8-21-34)44(42)36-22-9-11-25-38(36)46-43/h3-14,16-30,35H,15H2,1-2H3. The number of para-hydroxylation sites is 3. The maximum Gasteiger partial charge on any atom is 0.160 e. The number of pyridine rings is 1. The van der Waals surface area contributed by atoms with E-state index in [1.54, 1.807) is 0 Å². The summed E-state index contributed by atoms with van der Waals surface area (Å²) in [5, 5.41) is 3.45. The van der Waals surface area contributed by atoms with Crippen molar-refractivity contribution in [3.8, 4) is 39.6 Å². The summed E-state index contributed by atoms with van der Waals surface area (Å²) in [6, 6.07) is 49.1. The molecule has 0 saturated carbocycles. The molecule has 0 saturated heterocycles. The third kappa shape index (κ3) is 5.03. The van der Waals surface area contributed by atoms with Crippen molar-refractivity contribution in [1.29, 1.82) is 0 Å². The van der Waals surface area contributed by atoms with Crippen molar-refractivity contribution in [3.63, 3.8) is 0 Å². The summed E-state index contributed by atoms with van der Waals surface area (Å²) in [4.78, 5) is 15.9. The van der Waals surface area contributed by atoms with Crippen molar-refractivity contribution in [2.24, 2.45) is 11.8 Å². The first-order valence-corrected chi connectivity index (χ1v) is 17.2. The first-order chi connectivity index (χ1) is 24.1. The molecule has 236 valence electrons. The number of aromatic nitrogens is 4. The van der Waals surface area contributed by atoms with E-state index in [2.05, 4.69) is 170 Å². The van der Waals surface area contributed by atoms with Gasteiger partial charge in [0.25, 0.3) is 0 Å². The number of hydrogen-bond acceptors (Lipinski definition) is 3. The van der Waals surface area contributed by atoms with Gasteiger partial charge in [-0.3, -0.25) is 0 Å². The third-order valence-corrected chi connectivity index (χ3v) is 10.4. The highest BCUT2D eigenvalue weighted by atomic mass is 15.0. The molecule has 3 atom stereocenters. The Balaban J connectivity index is 1.28. The summed E-state index contributed by atoms with van der Waals surface area (Å²) >= 11 is 0. The minimum atomic E-state index is 0.238. The van der Waals surface area contributed by atoms with Crippen molar-refractivity contribution < 1.29 is 0 Å². The number of benzene rings is 5. The molecule has 3 unspecified atom stereocenters. The van der Waals surface area contributed by atoms with Crippen LogP contribution in [0, 0.1) is 11.8 Å². The molecule has 0 amide bonds. The van der Waals surface area contributed by atoms with Gasteiger partial charge in [-0.25, -0.2) is 15.0 Å². The molecule has 49 heavy (non-hydrogen) atoms. The molecule has 0 radical (unpaired) electrons. The minimum Gasteiger partial charge on any atom is -0.308 e. The van der Waals surface area contributed by atoms with Crippen LogP contribution in [0.25, 0.3) is 72.3 Å². The van der Waals surface area contributed by atoms with E-state index in [9.17, 15) is 0 Å². The lowest BCUT2D eigenvalue weighted by Gasteiger charge is -2.30. The van der Waals surface area contributed by atoms with E-state index < -0.39 is 0 Å². The normalized spacial score (nSPS) is 17.6. The van der Waals surface area contributed by atoms with Gasteiger partial charge in [0, 0.05) is 44.5 Å². The van der Waals surface area contributed by atoms with E-state index >= 15 is 0 Å². The Hall–Kier alpha value is -5.87. The lowest BCUT2D eigenvalue weighted by atomic mass is 9.76. The van der Waals surface area contributed by atoms with Crippen LogP contribution in [0.2, 0.25) is 0 Å². The Morgan fingerprint density at radius 3 is 2.14 bits per heavy atom. The number of nitrogens with zero attached hydrogens (tertiary/aromatic N) is 4. The van der Waals surface area contributed by atoms with Crippen LogP contribution in [-0.2, 0) is 0 Å². The van der Waals surface area contributed by atoms with Crippen LogP contribution >= 0.6 is 0 Å². The summed E-state index contributed by atoms with van der Waals surface area (Å²) in [6.07, 6.45) is 5.78. The zero-order chi connectivity index (χ0) is 32.9. The molecule has 1 aliphatic carbocycles. The Morgan fingerprint density at radius 2 is 1.31 bits per heavy atom. The predicted octanol–water partition coefficient (Wildman–Crippen LogP) is 11.4. The Kier molecular flexibility index (Phi) is 7.16. The van der Waals surface area contributed by atoms with E-state index in [1.807, 2.05) is 0 Å². The maximum absolute atomic E-state index is 5.38. The average Bonchev–Trinajstić information content (AvgIpc) is 3.52. The molecule has 0 spiro atoms. The summed E-state index contributed by atoms with van der Waals surface area (Å²) in [6.45, 7) is 4.70. The fourth-order valence-corrected chi connectivity index (χ4v) is 7.62. The summed E-state index contributed by atoms with van der Waals surface area (Å²) in [5.74, 6) is 2.05. The van der Waals surface area contributed by atoms with Crippen molar-refractivity contribution in [2.45, 2.75) is 26.2 Å². The van der Waals surface area contributed by atoms with Crippen molar-refractivity contribution >= 4 is 32.7 Å². The topological polar surface area (TPSA) is 43.6 Å².